The standard InChI is InChI=1S/C20H25N3O3/c21-18(24)20-9-12-7-13(10-20)17(14(8-12)11-20)22-19(25)23-5-6-26-16-4-2-1-3-15(16)23/h1-4,12-14,17H,5-11H2,(H2,21,24)(H,22,25)/t12?,13?,14?,17-,20-. The molecule has 2 atom stereocenters. The zero-order chi connectivity index (χ0) is 17.9. The van der Waals surface area contributed by atoms with Crippen molar-refractivity contribution in [2.45, 2.75) is 38.1 Å². The first kappa shape index (κ1) is 16.0. The number of urea groups is 1. The molecule has 3 N–H and O–H groups in total. The summed E-state index contributed by atoms with van der Waals surface area (Å²) in [5.41, 5.74) is 6.27. The number of amides is 3. The molecule has 4 bridgehead atoms. The van der Waals surface area contributed by atoms with E-state index in [1.807, 2.05) is 24.3 Å². The summed E-state index contributed by atoms with van der Waals surface area (Å²) in [7, 11) is 0. The van der Waals surface area contributed by atoms with E-state index < -0.39 is 0 Å². The minimum absolute atomic E-state index is 0.0497. The normalized spacial score (nSPS) is 37.0. The molecule has 4 aliphatic carbocycles. The number of primary amides is 1. The Kier molecular flexibility index (Phi) is 3.46. The van der Waals surface area contributed by atoms with Crippen molar-refractivity contribution in [3.05, 3.63) is 24.3 Å². The van der Waals surface area contributed by atoms with Crippen LogP contribution in [0.5, 0.6) is 5.75 Å². The van der Waals surface area contributed by atoms with Gasteiger partial charge in [0.2, 0.25) is 5.91 Å². The Morgan fingerprint density at radius 3 is 2.62 bits per heavy atom. The van der Waals surface area contributed by atoms with Gasteiger partial charge in [0.05, 0.1) is 12.2 Å². The summed E-state index contributed by atoms with van der Waals surface area (Å²) >= 11 is 0. The Labute approximate surface area is 153 Å². The Morgan fingerprint density at radius 2 is 1.88 bits per heavy atom. The molecule has 4 saturated carbocycles. The molecule has 0 saturated heterocycles. The number of ether oxygens (including phenoxy) is 1. The molecule has 26 heavy (non-hydrogen) atoms. The van der Waals surface area contributed by atoms with Crippen molar-refractivity contribution in [2.24, 2.45) is 28.9 Å². The van der Waals surface area contributed by atoms with Gasteiger partial charge in [-0.05, 0) is 62.0 Å². The highest BCUT2D eigenvalue weighted by atomic mass is 16.5. The number of hydrogen-bond donors (Lipinski definition) is 2. The maximum atomic E-state index is 13.0. The van der Waals surface area contributed by atoms with Crippen LogP contribution in [0.3, 0.4) is 0 Å². The fourth-order valence-electron chi connectivity index (χ4n) is 6.16. The van der Waals surface area contributed by atoms with Crippen LogP contribution in [-0.4, -0.2) is 31.1 Å². The third-order valence-electron chi connectivity index (χ3n) is 7.06. The molecule has 0 radical (unpaired) electrons. The molecule has 1 aromatic carbocycles. The fourth-order valence-corrected chi connectivity index (χ4v) is 6.16. The van der Waals surface area contributed by atoms with Crippen LogP contribution in [0.1, 0.15) is 32.1 Å². The Balaban J connectivity index is 1.35. The summed E-state index contributed by atoms with van der Waals surface area (Å²) in [6.07, 6.45) is 4.83. The molecule has 1 aliphatic heterocycles. The number of rotatable bonds is 2. The smallest absolute Gasteiger partial charge is 0.322 e. The maximum Gasteiger partial charge on any atom is 0.322 e. The number of hydrogen-bond acceptors (Lipinski definition) is 3. The minimum Gasteiger partial charge on any atom is -0.490 e. The second-order valence-electron chi connectivity index (χ2n) is 8.56. The van der Waals surface area contributed by atoms with Crippen LogP contribution in [-0.2, 0) is 4.79 Å². The Bertz CT molecular complexity index is 748. The molecule has 6 heteroatoms. The van der Waals surface area contributed by atoms with Gasteiger partial charge < -0.3 is 15.8 Å². The van der Waals surface area contributed by atoms with Crippen LogP contribution in [0.4, 0.5) is 10.5 Å². The average Bonchev–Trinajstić information content (AvgIpc) is 2.63. The monoisotopic (exact) mass is 355 g/mol. The van der Waals surface area contributed by atoms with Crippen LogP contribution in [0.2, 0.25) is 0 Å². The number of nitrogens with one attached hydrogen (secondary N) is 1. The average molecular weight is 355 g/mol. The van der Waals surface area contributed by atoms with E-state index in [0.717, 1.165) is 43.5 Å². The van der Waals surface area contributed by atoms with Gasteiger partial charge in [-0.25, -0.2) is 4.79 Å². The molecule has 3 amide bonds. The van der Waals surface area contributed by atoms with Crippen LogP contribution in [0.15, 0.2) is 24.3 Å². The quantitative estimate of drug-likeness (QED) is 0.853. The van der Waals surface area contributed by atoms with E-state index in [4.69, 9.17) is 10.5 Å². The summed E-state index contributed by atoms with van der Waals surface area (Å²) in [6.45, 7) is 1.06. The van der Waals surface area contributed by atoms with Crippen LogP contribution >= 0.6 is 0 Å². The predicted molar refractivity (Wildman–Crippen MR) is 96.8 cm³/mol. The van der Waals surface area contributed by atoms with Crippen molar-refractivity contribution in [1.82, 2.24) is 5.32 Å². The first-order valence-corrected chi connectivity index (χ1v) is 9.65. The Morgan fingerprint density at radius 1 is 1.15 bits per heavy atom. The van der Waals surface area contributed by atoms with Gasteiger partial charge in [-0.15, -0.1) is 0 Å². The summed E-state index contributed by atoms with van der Waals surface area (Å²) in [6, 6.07) is 7.77. The van der Waals surface area contributed by atoms with Crippen molar-refractivity contribution in [1.29, 1.82) is 0 Å². The maximum absolute atomic E-state index is 13.0. The number of fused-ring (bicyclic) bond motifs is 1. The lowest BCUT2D eigenvalue weighted by atomic mass is 9.47. The molecule has 1 aromatic rings. The molecule has 5 aliphatic rings. The van der Waals surface area contributed by atoms with Crippen LogP contribution < -0.4 is 20.7 Å². The summed E-state index contributed by atoms with van der Waals surface area (Å²) in [5, 5.41) is 3.31. The molecule has 6 nitrogen and oxygen atoms in total. The summed E-state index contributed by atoms with van der Waals surface area (Å²) in [4.78, 5) is 26.9. The number of nitrogens with two attached hydrogens (primary N) is 1. The van der Waals surface area contributed by atoms with E-state index in [-0.39, 0.29) is 23.4 Å². The predicted octanol–water partition coefficient (Wildman–Crippen LogP) is 2.28. The zero-order valence-corrected chi connectivity index (χ0v) is 14.8. The van der Waals surface area contributed by atoms with E-state index in [1.54, 1.807) is 4.90 Å². The largest absolute Gasteiger partial charge is 0.490 e. The molecule has 138 valence electrons. The lowest BCUT2D eigenvalue weighted by Gasteiger charge is -2.58. The number of carbonyl (C=O) groups excluding carboxylic acids is 2. The number of nitrogens with zero attached hydrogens (tertiary/aromatic N) is 1. The lowest BCUT2D eigenvalue weighted by molar-refractivity contribution is -0.145. The van der Waals surface area contributed by atoms with Gasteiger partial charge in [0.25, 0.3) is 0 Å². The van der Waals surface area contributed by atoms with Gasteiger partial charge in [0.15, 0.2) is 0 Å². The highest BCUT2D eigenvalue weighted by Gasteiger charge is 2.58. The van der Waals surface area contributed by atoms with E-state index in [9.17, 15) is 9.59 Å². The van der Waals surface area contributed by atoms with E-state index in [2.05, 4.69) is 5.32 Å². The van der Waals surface area contributed by atoms with E-state index in [1.165, 1.54) is 0 Å². The first-order chi connectivity index (χ1) is 12.6. The van der Waals surface area contributed by atoms with Crippen molar-refractivity contribution >= 4 is 17.6 Å². The first-order valence-electron chi connectivity index (χ1n) is 9.65. The van der Waals surface area contributed by atoms with Crippen molar-refractivity contribution < 1.29 is 14.3 Å². The van der Waals surface area contributed by atoms with Gasteiger partial charge in [0.1, 0.15) is 12.4 Å². The second-order valence-corrected chi connectivity index (χ2v) is 8.56. The van der Waals surface area contributed by atoms with Gasteiger partial charge >= 0.3 is 6.03 Å². The molecule has 1 heterocycles. The molecule has 4 fully saturated rings. The van der Waals surface area contributed by atoms with Crippen LogP contribution in [0, 0.1) is 23.2 Å². The lowest BCUT2D eigenvalue weighted by Crippen LogP contribution is -2.63. The fraction of sp³-hybridized carbons (Fsp3) is 0.600. The SMILES string of the molecule is NC(=O)[C@]12CC3CC(C1)[C@@H](NC(=O)N1CCOc4ccccc41)C(C3)C2. The third kappa shape index (κ3) is 2.31. The van der Waals surface area contributed by atoms with Gasteiger partial charge in [0, 0.05) is 11.5 Å². The summed E-state index contributed by atoms with van der Waals surface area (Å²) in [5.74, 6) is 1.95. The highest BCUT2D eigenvalue weighted by Crippen LogP contribution is 2.59. The van der Waals surface area contributed by atoms with Crippen molar-refractivity contribution in [2.75, 3.05) is 18.1 Å². The van der Waals surface area contributed by atoms with Gasteiger partial charge in [-0.2, -0.15) is 0 Å². The molecule has 0 aromatic heterocycles. The van der Waals surface area contributed by atoms with Gasteiger partial charge in [-0.1, -0.05) is 12.1 Å². The molecular formula is C20H25N3O3. The molecule has 0 spiro atoms. The number of carbonyl (C=O) groups is 2. The zero-order valence-electron chi connectivity index (χ0n) is 14.8. The van der Waals surface area contributed by atoms with Crippen molar-refractivity contribution in [3.63, 3.8) is 0 Å². The number of anilines is 1. The number of benzene rings is 1. The van der Waals surface area contributed by atoms with E-state index in [0.29, 0.717) is 30.9 Å². The molecule has 6 rings (SSSR count). The highest BCUT2D eigenvalue weighted by molar-refractivity contribution is 5.94. The van der Waals surface area contributed by atoms with E-state index >= 15 is 0 Å². The van der Waals surface area contributed by atoms with Gasteiger partial charge in [-0.3, -0.25) is 9.69 Å². The minimum atomic E-state index is -0.316. The Hall–Kier alpha value is -2.24. The van der Waals surface area contributed by atoms with Crippen molar-refractivity contribution in [3.8, 4) is 5.75 Å². The molecule has 2 unspecified atom stereocenters. The second kappa shape index (κ2) is 5.63. The molecular weight excluding hydrogens is 330 g/mol. The summed E-state index contributed by atoms with van der Waals surface area (Å²) < 4.78 is 5.65. The van der Waals surface area contributed by atoms with Crippen LogP contribution in [0.25, 0.3) is 0 Å². The topological polar surface area (TPSA) is 84.7 Å². The number of para-hydroxylation sites is 2. The third-order valence-corrected chi connectivity index (χ3v) is 7.06.